The van der Waals surface area contributed by atoms with Crippen molar-refractivity contribution in [3.05, 3.63) is 58.0 Å². The Kier molecular flexibility index (Phi) is 4.97. The summed E-state index contributed by atoms with van der Waals surface area (Å²) in [5, 5.41) is 9.19. The zero-order valence-corrected chi connectivity index (χ0v) is 19.6. The van der Waals surface area contributed by atoms with E-state index in [1.165, 1.54) is 29.0 Å². The molecule has 0 saturated carbocycles. The minimum absolute atomic E-state index is 0.211. The van der Waals surface area contributed by atoms with Crippen molar-refractivity contribution in [2.75, 3.05) is 0 Å². The summed E-state index contributed by atoms with van der Waals surface area (Å²) in [7, 11) is 0. The van der Waals surface area contributed by atoms with Crippen LogP contribution in [0.4, 0.5) is 0 Å². The van der Waals surface area contributed by atoms with Crippen LogP contribution in [0.5, 0.6) is 0 Å². The lowest BCUT2D eigenvalue weighted by Gasteiger charge is -2.39. The number of carboxylic acid groups (broad SMARTS) is 1. The molecule has 0 bridgehead atoms. The van der Waals surface area contributed by atoms with Gasteiger partial charge in [-0.1, -0.05) is 39.8 Å². The minimum Gasteiger partial charge on any atom is -0.478 e. The molecule has 0 unspecified atom stereocenters. The number of benzene rings is 1. The Hall–Kier alpha value is -2.33. The molecule has 4 rings (SSSR count). The fourth-order valence-corrected chi connectivity index (χ4v) is 6.61. The molecule has 1 aromatic carbocycles. The molecule has 2 aromatic heterocycles. The third-order valence-corrected chi connectivity index (χ3v) is 8.45. The first-order valence-corrected chi connectivity index (χ1v) is 11.6. The van der Waals surface area contributed by atoms with Gasteiger partial charge in [-0.3, -0.25) is 0 Å². The summed E-state index contributed by atoms with van der Waals surface area (Å²) in [6.07, 6.45) is 2.45. The zero-order chi connectivity index (χ0) is 21.8. The van der Waals surface area contributed by atoms with Gasteiger partial charge in [0.2, 0.25) is 0 Å². The van der Waals surface area contributed by atoms with E-state index in [9.17, 15) is 9.90 Å². The summed E-state index contributed by atoms with van der Waals surface area (Å²) in [5.74, 6) is -0.891. The van der Waals surface area contributed by atoms with Crippen molar-refractivity contribution in [2.45, 2.75) is 71.8 Å². The van der Waals surface area contributed by atoms with Crippen LogP contribution < -0.4 is 0 Å². The number of carboxylic acids is 1. The Morgan fingerprint density at radius 1 is 1.00 bits per heavy atom. The fraction of sp³-hybridized carbons (Fsp3) is 0.423. The summed E-state index contributed by atoms with van der Waals surface area (Å²) < 4.78 is 2.36. The van der Waals surface area contributed by atoms with Gasteiger partial charge in [0.05, 0.1) is 16.1 Å². The number of fused-ring (bicyclic) bond motifs is 1. The predicted molar refractivity (Wildman–Crippen MR) is 126 cm³/mol. The van der Waals surface area contributed by atoms with Crippen molar-refractivity contribution in [3.8, 4) is 21.8 Å². The molecule has 1 aliphatic rings. The number of aromatic carboxylic acids is 1. The van der Waals surface area contributed by atoms with Crippen LogP contribution in [0.2, 0.25) is 0 Å². The summed E-state index contributed by atoms with van der Waals surface area (Å²) in [4.78, 5) is 14.1. The maximum absolute atomic E-state index is 11.2. The molecule has 0 saturated heterocycles. The highest BCUT2D eigenvalue weighted by atomic mass is 32.1. The number of rotatable bonds is 4. The van der Waals surface area contributed by atoms with E-state index < -0.39 is 5.97 Å². The number of nitrogens with zero attached hydrogens (tertiary/aromatic N) is 1. The monoisotopic (exact) mass is 421 g/mol. The molecule has 3 aromatic rings. The SMILES string of the molecule is CCn1c(-c2ccc(C(=O)O)cc2)ccc1-c1sc2c(c1C)C(C)(C)CCC2(C)C. The van der Waals surface area contributed by atoms with Crippen LogP contribution in [0.1, 0.15) is 73.8 Å². The van der Waals surface area contributed by atoms with Gasteiger partial charge in [0.15, 0.2) is 0 Å². The van der Waals surface area contributed by atoms with Crippen LogP contribution in [0.3, 0.4) is 0 Å². The van der Waals surface area contributed by atoms with Gasteiger partial charge in [-0.25, -0.2) is 4.79 Å². The van der Waals surface area contributed by atoms with E-state index in [2.05, 4.69) is 58.2 Å². The summed E-state index contributed by atoms with van der Waals surface area (Å²) in [5.41, 5.74) is 7.17. The zero-order valence-electron chi connectivity index (χ0n) is 18.8. The Bertz CT molecular complexity index is 1110. The number of hydrogen-bond acceptors (Lipinski definition) is 2. The number of thiophene rings is 1. The Morgan fingerprint density at radius 2 is 1.60 bits per heavy atom. The average Bonchev–Trinajstić information content (AvgIpc) is 3.27. The van der Waals surface area contributed by atoms with Gasteiger partial charge in [-0.2, -0.15) is 0 Å². The standard InChI is InChI=1S/C26H31NO2S/c1-7-27-19(17-8-10-18(11-9-17)24(28)29)12-13-20(27)22-16(2)21-23(30-22)26(5,6)15-14-25(21,3)4/h8-13H,7,14-15H2,1-6H3,(H,28,29). The Labute approximate surface area is 183 Å². The van der Waals surface area contributed by atoms with Crippen molar-refractivity contribution >= 4 is 17.3 Å². The van der Waals surface area contributed by atoms with Crippen molar-refractivity contribution in [1.82, 2.24) is 4.57 Å². The summed E-state index contributed by atoms with van der Waals surface area (Å²) in [6.45, 7) is 14.9. The van der Waals surface area contributed by atoms with Crippen molar-refractivity contribution in [3.63, 3.8) is 0 Å². The first kappa shape index (κ1) is 20.9. The summed E-state index contributed by atoms with van der Waals surface area (Å²) in [6, 6.07) is 11.6. The number of aromatic nitrogens is 1. The van der Waals surface area contributed by atoms with Crippen LogP contribution in [0, 0.1) is 6.92 Å². The molecule has 0 radical (unpaired) electrons. The maximum atomic E-state index is 11.2. The normalized spacial score (nSPS) is 17.0. The van der Waals surface area contributed by atoms with Gasteiger partial charge in [0.1, 0.15) is 0 Å². The Balaban J connectivity index is 1.85. The van der Waals surface area contributed by atoms with E-state index in [1.807, 2.05) is 23.5 Å². The molecule has 4 heteroatoms. The van der Waals surface area contributed by atoms with E-state index in [0.29, 0.717) is 5.56 Å². The molecule has 30 heavy (non-hydrogen) atoms. The van der Waals surface area contributed by atoms with Crippen LogP contribution >= 0.6 is 11.3 Å². The molecular formula is C26H31NO2S. The smallest absolute Gasteiger partial charge is 0.335 e. The van der Waals surface area contributed by atoms with Crippen molar-refractivity contribution < 1.29 is 9.90 Å². The van der Waals surface area contributed by atoms with Crippen LogP contribution in [0.15, 0.2) is 36.4 Å². The molecule has 0 spiro atoms. The van der Waals surface area contributed by atoms with Gasteiger partial charge in [0, 0.05) is 17.1 Å². The number of carbonyl (C=O) groups is 1. The highest BCUT2D eigenvalue weighted by Gasteiger charge is 2.41. The second-order valence-corrected chi connectivity index (χ2v) is 10.8. The van der Waals surface area contributed by atoms with Crippen LogP contribution in [-0.2, 0) is 17.4 Å². The lowest BCUT2D eigenvalue weighted by atomic mass is 9.66. The molecule has 158 valence electrons. The highest BCUT2D eigenvalue weighted by Crippen LogP contribution is 2.53. The number of hydrogen-bond donors (Lipinski definition) is 1. The molecule has 1 N–H and O–H groups in total. The first-order valence-electron chi connectivity index (χ1n) is 10.7. The van der Waals surface area contributed by atoms with Gasteiger partial charge in [0.25, 0.3) is 0 Å². The topological polar surface area (TPSA) is 42.2 Å². The lowest BCUT2D eigenvalue weighted by Crippen LogP contribution is -2.32. The minimum atomic E-state index is -0.891. The first-order chi connectivity index (χ1) is 14.1. The highest BCUT2D eigenvalue weighted by molar-refractivity contribution is 7.16. The van der Waals surface area contributed by atoms with E-state index in [1.54, 1.807) is 22.6 Å². The third kappa shape index (κ3) is 3.22. The maximum Gasteiger partial charge on any atom is 0.335 e. The van der Waals surface area contributed by atoms with Crippen molar-refractivity contribution in [1.29, 1.82) is 0 Å². The molecule has 0 aliphatic heterocycles. The van der Waals surface area contributed by atoms with Gasteiger partial charge in [-0.15, -0.1) is 11.3 Å². The lowest BCUT2D eigenvalue weighted by molar-refractivity contribution is 0.0697. The van der Waals surface area contributed by atoms with Gasteiger partial charge < -0.3 is 9.67 Å². The molecule has 1 aliphatic carbocycles. The van der Waals surface area contributed by atoms with E-state index in [-0.39, 0.29) is 10.8 Å². The second kappa shape index (κ2) is 7.12. The van der Waals surface area contributed by atoms with Crippen molar-refractivity contribution in [2.24, 2.45) is 0 Å². The fourth-order valence-electron chi connectivity index (χ4n) is 4.96. The third-order valence-electron chi connectivity index (χ3n) is 6.77. The Morgan fingerprint density at radius 3 is 2.17 bits per heavy atom. The van der Waals surface area contributed by atoms with E-state index >= 15 is 0 Å². The molecule has 0 amide bonds. The van der Waals surface area contributed by atoms with E-state index in [0.717, 1.165) is 17.8 Å². The summed E-state index contributed by atoms with van der Waals surface area (Å²) >= 11 is 1.97. The molecular weight excluding hydrogens is 390 g/mol. The average molecular weight is 422 g/mol. The predicted octanol–water partition coefficient (Wildman–Crippen LogP) is 7.26. The van der Waals surface area contributed by atoms with E-state index in [4.69, 9.17) is 0 Å². The largest absolute Gasteiger partial charge is 0.478 e. The molecule has 3 nitrogen and oxygen atoms in total. The molecule has 2 heterocycles. The van der Waals surface area contributed by atoms with Gasteiger partial charge >= 0.3 is 5.97 Å². The van der Waals surface area contributed by atoms with Crippen LogP contribution in [0.25, 0.3) is 21.8 Å². The molecule has 0 fully saturated rings. The van der Waals surface area contributed by atoms with Gasteiger partial charge in [-0.05, 0) is 78.5 Å². The molecule has 0 atom stereocenters. The van der Waals surface area contributed by atoms with Crippen LogP contribution in [-0.4, -0.2) is 15.6 Å². The quantitative estimate of drug-likeness (QED) is 0.482. The second-order valence-electron chi connectivity index (χ2n) is 9.76.